The Hall–Kier alpha value is -1.34. The van der Waals surface area contributed by atoms with Gasteiger partial charge in [0.15, 0.2) is 0 Å². The van der Waals surface area contributed by atoms with E-state index in [1.165, 1.54) is 0 Å². The molecular weight excluding hydrogens is 206 g/mol. The minimum Gasteiger partial charge on any atom is -0.261 e. The van der Waals surface area contributed by atoms with E-state index in [2.05, 4.69) is 18.0 Å². The van der Waals surface area contributed by atoms with E-state index in [1.807, 2.05) is 36.5 Å². The lowest BCUT2D eigenvalue weighted by molar-refractivity contribution is 1.04. The van der Waals surface area contributed by atoms with Crippen molar-refractivity contribution in [3.05, 3.63) is 53.3 Å². The van der Waals surface area contributed by atoms with Gasteiger partial charge in [-0.3, -0.25) is 4.98 Å². The molecule has 1 aromatic heterocycles. The second kappa shape index (κ2) is 4.45. The van der Waals surface area contributed by atoms with Crippen molar-refractivity contribution in [1.29, 1.82) is 0 Å². The van der Waals surface area contributed by atoms with Crippen LogP contribution in [0.1, 0.15) is 12.6 Å². The number of halogens is 1. The summed E-state index contributed by atoms with van der Waals surface area (Å²) < 4.78 is 0. The number of benzene rings is 1. The molecule has 0 aliphatic rings. The van der Waals surface area contributed by atoms with Gasteiger partial charge in [0.25, 0.3) is 0 Å². The highest BCUT2D eigenvalue weighted by Gasteiger charge is 2.02. The van der Waals surface area contributed by atoms with Gasteiger partial charge in [-0.25, -0.2) is 0 Å². The third-order valence-electron chi connectivity index (χ3n) is 2.36. The van der Waals surface area contributed by atoms with E-state index >= 15 is 0 Å². The van der Waals surface area contributed by atoms with Crippen LogP contribution in [0.3, 0.4) is 0 Å². The lowest BCUT2D eigenvalue weighted by Gasteiger charge is -2.05. The molecule has 0 aliphatic heterocycles. The molecule has 0 unspecified atom stereocenters. The molecule has 2 aromatic rings. The van der Waals surface area contributed by atoms with Gasteiger partial charge in [0.05, 0.1) is 0 Å². The number of rotatable bonds is 2. The van der Waals surface area contributed by atoms with Crippen LogP contribution in [0.25, 0.3) is 11.1 Å². The molecule has 0 fully saturated rings. The molecule has 0 bridgehead atoms. The van der Waals surface area contributed by atoms with Crippen LogP contribution in [0.5, 0.6) is 0 Å². The van der Waals surface area contributed by atoms with Crippen LogP contribution in [-0.2, 0) is 6.42 Å². The molecule has 0 spiro atoms. The Bertz CT molecular complexity index is 466. The Kier molecular flexibility index (Phi) is 3.02. The molecule has 1 nitrogen and oxygen atoms in total. The van der Waals surface area contributed by atoms with Crippen LogP contribution in [0.2, 0.25) is 5.02 Å². The lowest BCUT2D eigenvalue weighted by Crippen LogP contribution is -1.87. The van der Waals surface area contributed by atoms with Gasteiger partial charge in [-0.05, 0) is 30.2 Å². The molecule has 76 valence electrons. The van der Waals surface area contributed by atoms with E-state index in [0.717, 1.165) is 28.3 Å². The summed E-state index contributed by atoms with van der Waals surface area (Å²) in [6.45, 7) is 2.10. The molecule has 0 atom stereocenters. The Morgan fingerprint density at radius 3 is 2.73 bits per heavy atom. The van der Waals surface area contributed by atoms with Gasteiger partial charge < -0.3 is 0 Å². The average molecular weight is 218 g/mol. The number of pyridine rings is 1. The van der Waals surface area contributed by atoms with Gasteiger partial charge in [0.2, 0.25) is 0 Å². The zero-order chi connectivity index (χ0) is 10.7. The molecule has 2 heteroatoms. The molecule has 0 aliphatic carbocycles. The molecule has 0 saturated heterocycles. The van der Waals surface area contributed by atoms with Crippen molar-refractivity contribution in [2.24, 2.45) is 0 Å². The van der Waals surface area contributed by atoms with E-state index < -0.39 is 0 Å². The highest BCUT2D eigenvalue weighted by Crippen LogP contribution is 2.27. The third kappa shape index (κ3) is 2.18. The monoisotopic (exact) mass is 217 g/mol. The molecule has 0 N–H and O–H groups in total. The zero-order valence-electron chi connectivity index (χ0n) is 8.57. The summed E-state index contributed by atoms with van der Waals surface area (Å²) >= 11 is 6.13. The number of hydrogen-bond acceptors (Lipinski definition) is 1. The van der Waals surface area contributed by atoms with E-state index in [-0.39, 0.29) is 0 Å². The summed E-state index contributed by atoms with van der Waals surface area (Å²) in [4.78, 5) is 4.27. The first kappa shape index (κ1) is 10.2. The second-order valence-corrected chi connectivity index (χ2v) is 3.78. The second-order valence-electron chi connectivity index (χ2n) is 3.37. The van der Waals surface area contributed by atoms with E-state index in [4.69, 9.17) is 11.6 Å². The van der Waals surface area contributed by atoms with Gasteiger partial charge in [-0.1, -0.05) is 36.7 Å². The van der Waals surface area contributed by atoms with Crippen molar-refractivity contribution in [2.45, 2.75) is 13.3 Å². The lowest BCUT2D eigenvalue weighted by atomic mass is 10.1. The SMILES string of the molecule is CCc1cc(-c2ccccc2Cl)ccn1. The maximum atomic E-state index is 6.13. The van der Waals surface area contributed by atoms with Crippen molar-refractivity contribution in [3.63, 3.8) is 0 Å². The van der Waals surface area contributed by atoms with Crippen molar-refractivity contribution < 1.29 is 0 Å². The highest BCUT2D eigenvalue weighted by atomic mass is 35.5. The zero-order valence-corrected chi connectivity index (χ0v) is 9.33. The Labute approximate surface area is 94.7 Å². The van der Waals surface area contributed by atoms with Crippen LogP contribution in [0, 0.1) is 0 Å². The first-order valence-electron chi connectivity index (χ1n) is 5.01. The third-order valence-corrected chi connectivity index (χ3v) is 2.69. The summed E-state index contributed by atoms with van der Waals surface area (Å²) in [5, 5.41) is 0.783. The van der Waals surface area contributed by atoms with Crippen molar-refractivity contribution >= 4 is 11.6 Å². The topological polar surface area (TPSA) is 12.9 Å². The van der Waals surface area contributed by atoms with E-state index in [1.54, 1.807) is 0 Å². The van der Waals surface area contributed by atoms with Gasteiger partial charge in [0.1, 0.15) is 0 Å². The summed E-state index contributed by atoms with van der Waals surface area (Å²) in [7, 11) is 0. The molecule has 1 aromatic carbocycles. The molecule has 15 heavy (non-hydrogen) atoms. The smallest absolute Gasteiger partial charge is 0.0484 e. The van der Waals surface area contributed by atoms with E-state index in [9.17, 15) is 0 Å². The number of hydrogen-bond donors (Lipinski definition) is 0. The van der Waals surface area contributed by atoms with Crippen molar-refractivity contribution in [1.82, 2.24) is 4.98 Å². The molecular formula is C13H12ClN. The van der Waals surface area contributed by atoms with Crippen LogP contribution in [0.15, 0.2) is 42.6 Å². The predicted octanol–water partition coefficient (Wildman–Crippen LogP) is 3.96. The average Bonchev–Trinajstić information content (AvgIpc) is 2.30. The standard InChI is InChI=1S/C13H12ClN/c1-2-11-9-10(7-8-15-11)12-5-3-4-6-13(12)14/h3-9H,2H2,1H3. The fourth-order valence-corrected chi connectivity index (χ4v) is 1.78. The Balaban J connectivity index is 2.49. The summed E-state index contributed by atoms with van der Waals surface area (Å²) in [5.74, 6) is 0. The first-order chi connectivity index (χ1) is 7.31. The Morgan fingerprint density at radius 1 is 1.20 bits per heavy atom. The fourth-order valence-electron chi connectivity index (χ4n) is 1.53. The summed E-state index contributed by atoms with van der Waals surface area (Å²) in [6.07, 6.45) is 2.77. The number of nitrogens with zero attached hydrogens (tertiary/aromatic N) is 1. The summed E-state index contributed by atoms with van der Waals surface area (Å²) in [5.41, 5.74) is 3.29. The molecule has 1 heterocycles. The van der Waals surface area contributed by atoms with Gasteiger partial charge in [-0.2, -0.15) is 0 Å². The molecule has 0 radical (unpaired) electrons. The Morgan fingerprint density at radius 2 is 2.00 bits per heavy atom. The number of aromatic nitrogens is 1. The predicted molar refractivity (Wildman–Crippen MR) is 64.1 cm³/mol. The maximum absolute atomic E-state index is 6.13. The molecule has 2 rings (SSSR count). The maximum Gasteiger partial charge on any atom is 0.0484 e. The largest absolute Gasteiger partial charge is 0.261 e. The summed E-state index contributed by atoms with van der Waals surface area (Å²) in [6, 6.07) is 11.9. The van der Waals surface area contributed by atoms with Gasteiger partial charge in [0, 0.05) is 22.5 Å². The quantitative estimate of drug-likeness (QED) is 0.742. The van der Waals surface area contributed by atoms with Crippen LogP contribution in [0.4, 0.5) is 0 Å². The number of aryl methyl sites for hydroxylation is 1. The minimum absolute atomic E-state index is 0.783. The normalized spacial score (nSPS) is 10.3. The van der Waals surface area contributed by atoms with Gasteiger partial charge >= 0.3 is 0 Å². The van der Waals surface area contributed by atoms with Crippen LogP contribution >= 0.6 is 11.6 Å². The minimum atomic E-state index is 0.783. The van der Waals surface area contributed by atoms with Crippen LogP contribution < -0.4 is 0 Å². The van der Waals surface area contributed by atoms with Gasteiger partial charge in [-0.15, -0.1) is 0 Å². The van der Waals surface area contributed by atoms with Crippen molar-refractivity contribution in [2.75, 3.05) is 0 Å². The van der Waals surface area contributed by atoms with Crippen molar-refractivity contribution in [3.8, 4) is 11.1 Å². The molecule has 0 saturated carbocycles. The van der Waals surface area contributed by atoms with Crippen LogP contribution in [-0.4, -0.2) is 4.98 Å². The fraction of sp³-hybridized carbons (Fsp3) is 0.154. The van der Waals surface area contributed by atoms with E-state index in [0.29, 0.717) is 0 Å². The molecule has 0 amide bonds. The first-order valence-corrected chi connectivity index (χ1v) is 5.39. The highest BCUT2D eigenvalue weighted by molar-refractivity contribution is 6.33.